The van der Waals surface area contributed by atoms with Crippen molar-refractivity contribution in [1.29, 1.82) is 5.26 Å². The number of benzene rings is 2. The Bertz CT molecular complexity index is 1640. The van der Waals surface area contributed by atoms with E-state index in [1.54, 1.807) is 59.1 Å². The SMILES string of the molecule is Cn1nnc2cc(-c3c(-c4ccc(C#N)cc4)nc4c(N5C[C@H](N)C[C@H](F)C5)nccn34)c(F)cc21. The summed E-state index contributed by atoms with van der Waals surface area (Å²) < 4.78 is 33.2. The standard InChI is InChI=1S/C25H21F2N9/c1-34-21-10-19(27)18(9-20(21)32-33-34)23-22(15-4-2-14(11-28)3-5-15)31-25-24(30-6-7-36(23)25)35-12-16(26)8-17(29)13-35/h2-7,9-10,16-17H,8,12-13,29H2,1H3/t16-,17+/m0/s1. The van der Waals surface area contributed by atoms with Crippen LogP contribution in [0.2, 0.25) is 0 Å². The molecule has 0 spiro atoms. The molecule has 6 rings (SSSR count). The Balaban J connectivity index is 1.62. The summed E-state index contributed by atoms with van der Waals surface area (Å²) in [4.78, 5) is 11.2. The van der Waals surface area contributed by atoms with E-state index in [0.717, 1.165) is 0 Å². The van der Waals surface area contributed by atoms with Gasteiger partial charge in [0.1, 0.15) is 17.5 Å². The molecule has 0 aliphatic carbocycles. The van der Waals surface area contributed by atoms with E-state index in [1.807, 2.05) is 0 Å². The molecule has 4 heterocycles. The first kappa shape index (κ1) is 22.1. The van der Waals surface area contributed by atoms with Crippen LogP contribution in [0.3, 0.4) is 0 Å². The minimum absolute atomic E-state index is 0.148. The number of imidazole rings is 1. The lowest BCUT2D eigenvalue weighted by atomic mass is 10.0. The molecule has 3 aromatic heterocycles. The first-order valence-corrected chi connectivity index (χ1v) is 11.4. The molecule has 0 bridgehead atoms. The minimum atomic E-state index is -1.08. The average molecular weight is 486 g/mol. The number of nitrogens with two attached hydrogens (primary N) is 1. The van der Waals surface area contributed by atoms with Gasteiger partial charge >= 0.3 is 0 Å². The molecule has 1 saturated heterocycles. The van der Waals surface area contributed by atoms with E-state index in [0.29, 0.717) is 58.0 Å². The third-order valence-corrected chi connectivity index (χ3v) is 6.50. The number of hydrogen-bond donors (Lipinski definition) is 1. The number of alkyl halides is 1. The van der Waals surface area contributed by atoms with Crippen molar-refractivity contribution in [2.45, 2.75) is 18.6 Å². The first-order valence-electron chi connectivity index (χ1n) is 11.4. The number of halogens is 2. The van der Waals surface area contributed by atoms with Crippen LogP contribution >= 0.6 is 0 Å². The molecule has 180 valence electrons. The summed E-state index contributed by atoms with van der Waals surface area (Å²) in [6, 6.07) is 11.7. The van der Waals surface area contributed by atoms with Gasteiger partial charge in [0.25, 0.3) is 0 Å². The molecule has 0 radical (unpaired) electrons. The first-order chi connectivity index (χ1) is 17.4. The summed E-state index contributed by atoms with van der Waals surface area (Å²) in [5.74, 6) is 0.00390. The molecule has 36 heavy (non-hydrogen) atoms. The van der Waals surface area contributed by atoms with E-state index < -0.39 is 12.0 Å². The highest BCUT2D eigenvalue weighted by Crippen LogP contribution is 2.37. The van der Waals surface area contributed by atoms with Crippen molar-refractivity contribution in [3.8, 4) is 28.6 Å². The number of nitrogens with zero attached hydrogens (tertiary/aromatic N) is 8. The maximum absolute atomic E-state index is 15.6. The lowest BCUT2D eigenvalue weighted by molar-refractivity contribution is 0.268. The number of piperidine rings is 1. The normalized spacial score (nSPS) is 18.1. The van der Waals surface area contributed by atoms with Crippen LogP contribution in [0.5, 0.6) is 0 Å². The van der Waals surface area contributed by atoms with Crippen molar-refractivity contribution < 1.29 is 8.78 Å². The van der Waals surface area contributed by atoms with E-state index in [-0.39, 0.29) is 18.2 Å². The fraction of sp³-hybridized carbons (Fsp3) is 0.240. The van der Waals surface area contributed by atoms with Crippen LogP contribution < -0.4 is 10.6 Å². The predicted molar refractivity (Wildman–Crippen MR) is 130 cm³/mol. The zero-order chi connectivity index (χ0) is 25.0. The summed E-state index contributed by atoms with van der Waals surface area (Å²) in [7, 11) is 1.70. The number of rotatable bonds is 3. The molecule has 0 amide bonds. The smallest absolute Gasteiger partial charge is 0.181 e. The average Bonchev–Trinajstić information content (AvgIpc) is 3.43. The molecule has 5 aromatic rings. The van der Waals surface area contributed by atoms with Gasteiger partial charge in [-0.2, -0.15) is 5.26 Å². The second-order valence-corrected chi connectivity index (χ2v) is 8.97. The number of aromatic nitrogens is 6. The maximum Gasteiger partial charge on any atom is 0.181 e. The number of aryl methyl sites for hydroxylation is 1. The molecule has 0 saturated carbocycles. The number of hydrogen-bond acceptors (Lipinski definition) is 7. The number of fused-ring (bicyclic) bond motifs is 2. The molecule has 1 fully saturated rings. The Morgan fingerprint density at radius 3 is 2.72 bits per heavy atom. The van der Waals surface area contributed by atoms with Crippen LogP contribution in [0.1, 0.15) is 12.0 Å². The van der Waals surface area contributed by atoms with Crippen LogP contribution in [0, 0.1) is 17.1 Å². The Kier molecular flexibility index (Phi) is 5.12. The van der Waals surface area contributed by atoms with Gasteiger partial charge in [0.2, 0.25) is 0 Å². The Labute approximate surface area is 204 Å². The van der Waals surface area contributed by atoms with E-state index in [1.165, 1.54) is 10.7 Å². The van der Waals surface area contributed by atoms with Crippen LogP contribution in [0.15, 0.2) is 48.8 Å². The topological polar surface area (TPSA) is 114 Å². The van der Waals surface area contributed by atoms with E-state index in [4.69, 9.17) is 10.7 Å². The third kappa shape index (κ3) is 3.54. The highest BCUT2D eigenvalue weighted by atomic mass is 19.1. The van der Waals surface area contributed by atoms with Crippen LogP contribution in [0.25, 0.3) is 39.2 Å². The molecule has 2 atom stereocenters. The van der Waals surface area contributed by atoms with Crippen molar-refractivity contribution in [2.24, 2.45) is 12.8 Å². The fourth-order valence-electron chi connectivity index (χ4n) is 4.83. The summed E-state index contributed by atoms with van der Waals surface area (Å²) in [6.45, 7) is 0.579. The van der Waals surface area contributed by atoms with Gasteiger partial charge in [0.15, 0.2) is 11.5 Å². The lowest BCUT2D eigenvalue weighted by Gasteiger charge is -2.33. The number of anilines is 1. The summed E-state index contributed by atoms with van der Waals surface area (Å²) >= 11 is 0. The molecule has 1 aliphatic heterocycles. The van der Waals surface area contributed by atoms with Crippen LogP contribution in [-0.2, 0) is 7.05 Å². The highest BCUT2D eigenvalue weighted by Gasteiger charge is 2.29. The molecular formula is C25H21F2N9. The van der Waals surface area contributed by atoms with Gasteiger partial charge in [-0.15, -0.1) is 5.10 Å². The van der Waals surface area contributed by atoms with Gasteiger partial charge < -0.3 is 10.6 Å². The Morgan fingerprint density at radius 1 is 1.17 bits per heavy atom. The Hall–Kier alpha value is -4.43. The largest absolute Gasteiger partial charge is 0.349 e. The maximum atomic E-state index is 15.6. The van der Waals surface area contributed by atoms with Gasteiger partial charge in [-0.05, 0) is 24.6 Å². The zero-order valence-corrected chi connectivity index (χ0v) is 19.3. The lowest BCUT2D eigenvalue weighted by Crippen LogP contribution is -2.48. The highest BCUT2D eigenvalue weighted by molar-refractivity contribution is 5.89. The van der Waals surface area contributed by atoms with Crippen LogP contribution in [0.4, 0.5) is 14.6 Å². The third-order valence-electron chi connectivity index (χ3n) is 6.50. The second-order valence-electron chi connectivity index (χ2n) is 8.97. The number of nitriles is 1. The van der Waals surface area contributed by atoms with E-state index in [2.05, 4.69) is 21.4 Å². The van der Waals surface area contributed by atoms with Gasteiger partial charge in [-0.3, -0.25) is 4.40 Å². The zero-order valence-electron chi connectivity index (χ0n) is 19.3. The molecule has 2 aromatic carbocycles. The molecule has 9 nitrogen and oxygen atoms in total. The monoisotopic (exact) mass is 485 g/mol. The minimum Gasteiger partial charge on any atom is -0.349 e. The van der Waals surface area contributed by atoms with Gasteiger partial charge in [-0.25, -0.2) is 23.4 Å². The predicted octanol–water partition coefficient (Wildman–Crippen LogP) is 3.23. The second kappa shape index (κ2) is 8.35. The summed E-state index contributed by atoms with van der Waals surface area (Å²) in [6.07, 6.45) is 2.49. The van der Waals surface area contributed by atoms with Gasteiger partial charge in [0, 0.05) is 49.2 Å². The molecule has 2 N–H and O–H groups in total. The molecule has 1 aliphatic rings. The van der Waals surface area contributed by atoms with Crippen molar-refractivity contribution in [2.75, 3.05) is 18.0 Å². The Morgan fingerprint density at radius 2 is 1.97 bits per heavy atom. The summed E-state index contributed by atoms with van der Waals surface area (Å²) in [5.41, 5.74) is 10.1. The molecular weight excluding hydrogens is 464 g/mol. The quantitative estimate of drug-likeness (QED) is 0.417. The molecule has 0 unspecified atom stereocenters. The van der Waals surface area contributed by atoms with Crippen molar-refractivity contribution >= 4 is 22.5 Å². The fourth-order valence-corrected chi connectivity index (χ4v) is 4.83. The van der Waals surface area contributed by atoms with Crippen molar-refractivity contribution in [1.82, 2.24) is 29.4 Å². The van der Waals surface area contributed by atoms with Gasteiger partial charge in [0.05, 0.1) is 35.1 Å². The molecule has 11 heteroatoms. The van der Waals surface area contributed by atoms with E-state index >= 15 is 4.39 Å². The van der Waals surface area contributed by atoms with E-state index in [9.17, 15) is 9.65 Å². The van der Waals surface area contributed by atoms with Crippen LogP contribution in [-0.4, -0.2) is 54.7 Å². The van der Waals surface area contributed by atoms with Crippen molar-refractivity contribution in [3.05, 3.63) is 60.2 Å². The van der Waals surface area contributed by atoms with Crippen molar-refractivity contribution in [3.63, 3.8) is 0 Å². The van der Waals surface area contributed by atoms with Gasteiger partial charge in [-0.1, -0.05) is 17.3 Å². The summed E-state index contributed by atoms with van der Waals surface area (Å²) in [5, 5.41) is 17.4.